The number of benzene rings is 3. The second kappa shape index (κ2) is 7.48. The van der Waals surface area contributed by atoms with Gasteiger partial charge in [0.15, 0.2) is 0 Å². The van der Waals surface area contributed by atoms with Crippen molar-refractivity contribution in [1.29, 1.82) is 0 Å². The Bertz CT molecular complexity index is 909. The molecule has 2 nitrogen and oxygen atoms in total. The maximum Gasteiger partial charge on any atom is 0.573 e. The van der Waals surface area contributed by atoms with E-state index in [1.54, 1.807) is 48.5 Å². The number of rotatable bonds is 4. The Morgan fingerprint density at radius 1 is 0.731 bits per heavy atom. The van der Waals surface area contributed by atoms with Crippen molar-refractivity contribution in [2.24, 2.45) is 0 Å². The zero-order chi connectivity index (χ0) is 18.7. The average molecular weight is 399 g/mol. The molecule has 0 spiro atoms. The van der Waals surface area contributed by atoms with Gasteiger partial charge in [0.25, 0.3) is 0 Å². The van der Waals surface area contributed by atoms with Gasteiger partial charge in [-0.2, -0.15) is 0 Å². The largest absolute Gasteiger partial charge is 0.573 e. The van der Waals surface area contributed by atoms with Crippen LogP contribution in [0.25, 0.3) is 11.1 Å². The lowest BCUT2D eigenvalue weighted by Crippen LogP contribution is -2.17. The Morgan fingerprint density at radius 2 is 1.46 bits per heavy atom. The molecular weight excluding hydrogens is 388 g/mol. The molecular formula is C19H11Cl2F3O2. The van der Waals surface area contributed by atoms with E-state index < -0.39 is 6.36 Å². The first kappa shape index (κ1) is 18.4. The minimum Gasteiger partial charge on any atom is -0.456 e. The molecule has 0 bridgehead atoms. The van der Waals surface area contributed by atoms with Crippen LogP contribution in [0.3, 0.4) is 0 Å². The van der Waals surface area contributed by atoms with Crippen molar-refractivity contribution >= 4 is 23.2 Å². The molecule has 3 rings (SSSR count). The van der Waals surface area contributed by atoms with E-state index in [1.165, 1.54) is 18.2 Å². The lowest BCUT2D eigenvalue weighted by molar-refractivity contribution is -0.274. The summed E-state index contributed by atoms with van der Waals surface area (Å²) in [5.74, 6) is 0.702. The fourth-order valence-corrected chi connectivity index (χ4v) is 2.72. The van der Waals surface area contributed by atoms with Gasteiger partial charge in [0, 0.05) is 5.02 Å². The number of alkyl halides is 3. The Balaban J connectivity index is 1.78. The molecule has 134 valence electrons. The van der Waals surface area contributed by atoms with E-state index in [0.717, 1.165) is 0 Å². The van der Waals surface area contributed by atoms with Gasteiger partial charge in [-0.1, -0.05) is 47.5 Å². The number of hydrogen-bond donors (Lipinski definition) is 0. The van der Waals surface area contributed by atoms with Crippen LogP contribution in [-0.2, 0) is 0 Å². The third-order valence-electron chi connectivity index (χ3n) is 3.38. The van der Waals surface area contributed by atoms with Crippen LogP contribution in [0.2, 0.25) is 10.0 Å². The molecule has 0 aliphatic heterocycles. The zero-order valence-electron chi connectivity index (χ0n) is 13.1. The molecule has 0 saturated carbocycles. The standard InChI is InChI=1S/C19H11Cl2F3O2/c20-14-6-9-18(17(21)11-14)25-15-7-4-12(5-8-15)13-2-1-3-16(10-13)26-19(22,23)24/h1-11H. The number of ether oxygens (including phenoxy) is 2. The van der Waals surface area contributed by atoms with E-state index in [1.807, 2.05) is 0 Å². The zero-order valence-corrected chi connectivity index (χ0v) is 14.6. The summed E-state index contributed by atoms with van der Waals surface area (Å²) < 4.78 is 46.6. The molecule has 26 heavy (non-hydrogen) atoms. The Hall–Kier alpha value is -2.37. The lowest BCUT2D eigenvalue weighted by atomic mass is 10.1. The maximum absolute atomic E-state index is 12.3. The summed E-state index contributed by atoms with van der Waals surface area (Å²) in [7, 11) is 0. The first-order chi connectivity index (χ1) is 12.3. The predicted molar refractivity (Wildman–Crippen MR) is 95.1 cm³/mol. The van der Waals surface area contributed by atoms with E-state index in [9.17, 15) is 13.2 Å². The van der Waals surface area contributed by atoms with E-state index in [0.29, 0.717) is 32.7 Å². The second-order valence-electron chi connectivity index (χ2n) is 5.28. The van der Waals surface area contributed by atoms with Crippen LogP contribution in [0.15, 0.2) is 66.7 Å². The van der Waals surface area contributed by atoms with Crippen molar-refractivity contribution in [2.75, 3.05) is 0 Å². The monoisotopic (exact) mass is 398 g/mol. The Morgan fingerprint density at radius 3 is 2.12 bits per heavy atom. The molecule has 0 aliphatic rings. The van der Waals surface area contributed by atoms with Gasteiger partial charge in [0.2, 0.25) is 0 Å². The van der Waals surface area contributed by atoms with Crippen molar-refractivity contribution in [2.45, 2.75) is 6.36 Å². The molecule has 0 amide bonds. The fourth-order valence-electron chi connectivity index (χ4n) is 2.27. The van der Waals surface area contributed by atoms with Crippen LogP contribution in [-0.4, -0.2) is 6.36 Å². The van der Waals surface area contributed by atoms with Crippen LogP contribution < -0.4 is 9.47 Å². The highest BCUT2D eigenvalue weighted by Gasteiger charge is 2.31. The molecule has 0 radical (unpaired) electrons. The van der Waals surface area contributed by atoms with Crippen LogP contribution in [0, 0.1) is 0 Å². The predicted octanol–water partition coefficient (Wildman–Crippen LogP) is 7.35. The summed E-state index contributed by atoms with van der Waals surface area (Å²) in [6.45, 7) is 0. The van der Waals surface area contributed by atoms with Gasteiger partial charge in [0.1, 0.15) is 17.2 Å². The van der Waals surface area contributed by atoms with Crippen molar-refractivity contribution in [3.8, 4) is 28.4 Å². The summed E-state index contributed by atoms with van der Waals surface area (Å²) in [6, 6.07) is 17.5. The third-order valence-corrected chi connectivity index (χ3v) is 3.91. The Kier molecular flexibility index (Phi) is 5.30. The van der Waals surface area contributed by atoms with Crippen molar-refractivity contribution < 1.29 is 22.6 Å². The Labute approximate surface area is 157 Å². The molecule has 0 unspecified atom stereocenters. The highest BCUT2D eigenvalue weighted by Crippen LogP contribution is 2.33. The van der Waals surface area contributed by atoms with Crippen molar-refractivity contribution in [3.05, 3.63) is 76.8 Å². The van der Waals surface area contributed by atoms with Crippen molar-refractivity contribution in [3.63, 3.8) is 0 Å². The molecule has 0 fully saturated rings. The van der Waals surface area contributed by atoms with Gasteiger partial charge in [-0.25, -0.2) is 0 Å². The fraction of sp³-hybridized carbons (Fsp3) is 0.0526. The normalized spacial score (nSPS) is 11.3. The summed E-state index contributed by atoms with van der Waals surface area (Å²) in [4.78, 5) is 0. The van der Waals surface area contributed by atoms with Crippen LogP contribution in [0.1, 0.15) is 0 Å². The topological polar surface area (TPSA) is 18.5 Å². The first-order valence-corrected chi connectivity index (χ1v) is 8.15. The lowest BCUT2D eigenvalue weighted by Gasteiger charge is -2.11. The number of hydrogen-bond acceptors (Lipinski definition) is 2. The third kappa shape index (κ3) is 4.84. The van der Waals surface area contributed by atoms with Crippen molar-refractivity contribution in [1.82, 2.24) is 0 Å². The molecule has 0 N–H and O–H groups in total. The molecule has 0 atom stereocenters. The summed E-state index contributed by atoms with van der Waals surface area (Å²) in [5.41, 5.74) is 1.30. The summed E-state index contributed by atoms with van der Waals surface area (Å²) >= 11 is 11.9. The molecule has 3 aromatic carbocycles. The molecule has 0 aromatic heterocycles. The van der Waals surface area contributed by atoms with Crippen LogP contribution >= 0.6 is 23.2 Å². The van der Waals surface area contributed by atoms with Gasteiger partial charge < -0.3 is 9.47 Å². The van der Waals surface area contributed by atoms with Crippen LogP contribution in [0.5, 0.6) is 17.2 Å². The minimum absolute atomic E-state index is 0.275. The molecule has 7 heteroatoms. The quantitative estimate of drug-likeness (QED) is 0.457. The van der Waals surface area contributed by atoms with Gasteiger partial charge in [-0.05, 0) is 53.6 Å². The highest BCUT2D eigenvalue weighted by atomic mass is 35.5. The second-order valence-corrected chi connectivity index (χ2v) is 6.12. The summed E-state index contributed by atoms with van der Waals surface area (Å²) in [5, 5.41) is 0.872. The van der Waals surface area contributed by atoms with Gasteiger partial charge in [-0.15, -0.1) is 13.2 Å². The van der Waals surface area contributed by atoms with E-state index in [-0.39, 0.29) is 5.75 Å². The smallest absolute Gasteiger partial charge is 0.456 e. The van der Waals surface area contributed by atoms with E-state index in [4.69, 9.17) is 27.9 Å². The van der Waals surface area contributed by atoms with Gasteiger partial charge in [-0.3, -0.25) is 0 Å². The number of halogens is 5. The molecule has 0 saturated heterocycles. The van der Waals surface area contributed by atoms with Gasteiger partial charge in [0.05, 0.1) is 5.02 Å². The molecule has 3 aromatic rings. The maximum atomic E-state index is 12.3. The molecule has 0 heterocycles. The van der Waals surface area contributed by atoms with Gasteiger partial charge >= 0.3 is 6.36 Å². The molecule has 0 aliphatic carbocycles. The van der Waals surface area contributed by atoms with E-state index >= 15 is 0 Å². The first-order valence-electron chi connectivity index (χ1n) is 7.39. The van der Waals surface area contributed by atoms with E-state index in [2.05, 4.69) is 4.74 Å². The highest BCUT2D eigenvalue weighted by molar-refractivity contribution is 6.35. The SMILES string of the molecule is FC(F)(F)Oc1cccc(-c2ccc(Oc3ccc(Cl)cc3Cl)cc2)c1. The average Bonchev–Trinajstić information content (AvgIpc) is 2.57. The summed E-state index contributed by atoms with van der Waals surface area (Å²) in [6.07, 6.45) is -4.73. The van der Waals surface area contributed by atoms with Crippen LogP contribution in [0.4, 0.5) is 13.2 Å². The minimum atomic E-state index is -4.73.